The number of carbonyl (C=O) groups is 1. The molecule has 0 saturated heterocycles. The zero-order valence-corrected chi connectivity index (χ0v) is 9.34. The molecule has 16 heavy (non-hydrogen) atoms. The average Bonchev–Trinajstić information content (AvgIpc) is 2.20. The third-order valence-electron chi connectivity index (χ3n) is 2.24. The molecule has 0 radical (unpaired) electrons. The Hall–Kier alpha value is -1.62. The van der Waals surface area contributed by atoms with E-state index in [1.54, 1.807) is 6.07 Å². The molecule has 5 nitrogen and oxygen atoms in total. The summed E-state index contributed by atoms with van der Waals surface area (Å²) in [5.74, 6) is -0.759. The van der Waals surface area contributed by atoms with Crippen LogP contribution >= 0.6 is 0 Å². The highest BCUT2D eigenvalue weighted by atomic mass is 16.4. The van der Waals surface area contributed by atoms with Crippen molar-refractivity contribution >= 4 is 5.97 Å². The molecular formula is C11H16N2O3. The minimum Gasteiger partial charge on any atom is -0.506 e. The molecule has 0 amide bonds. The van der Waals surface area contributed by atoms with Crippen molar-refractivity contribution in [3.8, 4) is 5.75 Å². The molecule has 0 aliphatic rings. The first-order valence-corrected chi connectivity index (χ1v) is 5.10. The van der Waals surface area contributed by atoms with Crippen LogP contribution in [-0.2, 0) is 11.3 Å². The van der Waals surface area contributed by atoms with Gasteiger partial charge in [0, 0.05) is 6.54 Å². The molecule has 1 rings (SSSR count). The number of hydrogen-bond donors (Lipinski definition) is 3. The van der Waals surface area contributed by atoms with Crippen LogP contribution in [0.15, 0.2) is 18.3 Å². The van der Waals surface area contributed by atoms with E-state index >= 15 is 0 Å². The van der Waals surface area contributed by atoms with Crippen LogP contribution in [0.5, 0.6) is 5.75 Å². The summed E-state index contributed by atoms with van der Waals surface area (Å²) in [6.45, 7) is 4.06. The highest BCUT2D eigenvalue weighted by Gasteiger charge is 2.20. The van der Waals surface area contributed by atoms with Gasteiger partial charge in [0.25, 0.3) is 0 Å². The van der Waals surface area contributed by atoms with E-state index in [4.69, 9.17) is 10.2 Å². The van der Waals surface area contributed by atoms with Crippen molar-refractivity contribution in [3.05, 3.63) is 24.0 Å². The van der Waals surface area contributed by atoms with Crippen LogP contribution in [0.4, 0.5) is 0 Å². The lowest BCUT2D eigenvalue weighted by molar-refractivity contribution is -0.140. The third-order valence-corrected chi connectivity index (χ3v) is 2.24. The molecule has 0 bridgehead atoms. The minimum atomic E-state index is -0.867. The summed E-state index contributed by atoms with van der Waals surface area (Å²) in [6.07, 6.45) is 1.34. The Balaban J connectivity index is 2.55. The van der Waals surface area contributed by atoms with E-state index in [9.17, 15) is 4.79 Å². The van der Waals surface area contributed by atoms with Crippen LogP contribution in [0, 0.1) is 5.92 Å². The van der Waals surface area contributed by atoms with Gasteiger partial charge < -0.3 is 10.2 Å². The molecule has 0 aromatic carbocycles. The Morgan fingerprint density at radius 2 is 2.19 bits per heavy atom. The molecule has 0 aliphatic heterocycles. The predicted molar refractivity (Wildman–Crippen MR) is 59.0 cm³/mol. The van der Waals surface area contributed by atoms with Gasteiger partial charge in [0.2, 0.25) is 0 Å². The summed E-state index contributed by atoms with van der Waals surface area (Å²) in [6, 6.07) is 2.59. The molecular weight excluding hydrogens is 208 g/mol. The average molecular weight is 224 g/mol. The van der Waals surface area contributed by atoms with Crippen molar-refractivity contribution in [1.82, 2.24) is 10.3 Å². The fourth-order valence-corrected chi connectivity index (χ4v) is 1.34. The van der Waals surface area contributed by atoms with E-state index < -0.39 is 12.0 Å². The minimum absolute atomic E-state index is 0.00890. The Morgan fingerprint density at radius 3 is 2.62 bits per heavy atom. The molecule has 1 aromatic rings. The predicted octanol–water partition coefficient (Wildman–Crippen LogP) is 0.986. The second kappa shape index (κ2) is 5.46. The number of carboxylic acid groups (broad SMARTS) is 1. The van der Waals surface area contributed by atoms with Gasteiger partial charge in [-0.15, -0.1) is 0 Å². The first kappa shape index (κ1) is 12.4. The zero-order valence-electron chi connectivity index (χ0n) is 9.34. The Kier molecular flexibility index (Phi) is 4.25. The van der Waals surface area contributed by atoms with Crippen molar-refractivity contribution in [2.45, 2.75) is 26.4 Å². The zero-order chi connectivity index (χ0) is 12.1. The SMILES string of the molecule is CC(C)C(NCc1ccc(O)cn1)C(=O)O. The van der Waals surface area contributed by atoms with Crippen molar-refractivity contribution in [2.24, 2.45) is 5.92 Å². The van der Waals surface area contributed by atoms with E-state index in [2.05, 4.69) is 10.3 Å². The Labute approximate surface area is 94.1 Å². The van der Waals surface area contributed by atoms with Gasteiger partial charge in [-0.25, -0.2) is 0 Å². The maximum Gasteiger partial charge on any atom is 0.320 e. The van der Waals surface area contributed by atoms with Gasteiger partial charge >= 0.3 is 5.97 Å². The van der Waals surface area contributed by atoms with E-state index in [1.165, 1.54) is 12.3 Å². The summed E-state index contributed by atoms with van der Waals surface area (Å²) in [5.41, 5.74) is 0.699. The topological polar surface area (TPSA) is 82.5 Å². The second-order valence-corrected chi connectivity index (χ2v) is 3.95. The first-order chi connectivity index (χ1) is 7.50. The van der Waals surface area contributed by atoms with Crippen molar-refractivity contribution < 1.29 is 15.0 Å². The second-order valence-electron chi connectivity index (χ2n) is 3.95. The molecule has 1 atom stereocenters. The van der Waals surface area contributed by atoms with Crippen LogP contribution in [-0.4, -0.2) is 27.2 Å². The first-order valence-electron chi connectivity index (χ1n) is 5.10. The van der Waals surface area contributed by atoms with Crippen LogP contribution < -0.4 is 5.32 Å². The summed E-state index contributed by atoms with van der Waals surface area (Å²) in [5, 5.41) is 20.9. The smallest absolute Gasteiger partial charge is 0.320 e. The molecule has 0 spiro atoms. The normalized spacial score (nSPS) is 12.7. The van der Waals surface area contributed by atoms with E-state index in [0.717, 1.165) is 0 Å². The number of nitrogens with zero attached hydrogens (tertiary/aromatic N) is 1. The van der Waals surface area contributed by atoms with Crippen LogP contribution in [0.3, 0.4) is 0 Å². The fourth-order valence-electron chi connectivity index (χ4n) is 1.34. The molecule has 1 unspecified atom stereocenters. The third kappa shape index (κ3) is 3.51. The number of carboxylic acids is 1. The summed E-state index contributed by atoms with van der Waals surface area (Å²) < 4.78 is 0. The van der Waals surface area contributed by atoms with Crippen LogP contribution in [0.1, 0.15) is 19.5 Å². The fraction of sp³-hybridized carbons (Fsp3) is 0.455. The summed E-state index contributed by atoms with van der Waals surface area (Å²) in [4.78, 5) is 14.9. The molecule has 0 saturated carbocycles. The Bertz CT molecular complexity index is 349. The van der Waals surface area contributed by atoms with Crippen LogP contribution in [0.2, 0.25) is 0 Å². The lowest BCUT2D eigenvalue weighted by Gasteiger charge is -2.17. The maximum absolute atomic E-state index is 10.9. The standard InChI is InChI=1S/C11H16N2O3/c1-7(2)10(11(15)16)13-5-8-3-4-9(14)6-12-8/h3-4,6-7,10,13-14H,5H2,1-2H3,(H,15,16). The number of hydrogen-bond acceptors (Lipinski definition) is 4. The number of rotatable bonds is 5. The number of pyridine rings is 1. The number of aromatic hydroxyl groups is 1. The lowest BCUT2D eigenvalue weighted by atomic mass is 10.0. The van der Waals surface area contributed by atoms with Crippen molar-refractivity contribution in [1.29, 1.82) is 0 Å². The highest BCUT2D eigenvalue weighted by molar-refractivity contribution is 5.73. The quantitative estimate of drug-likeness (QED) is 0.694. The van der Waals surface area contributed by atoms with Gasteiger partial charge in [-0.05, 0) is 18.1 Å². The van der Waals surface area contributed by atoms with Gasteiger partial charge in [-0.1, -0.05) is 13.8 Å². The van der Waals surface area contributed by atoms with Gasteiger partial charge in [0.1, 0.15) is 11.8 Å². The van der Waals surface area contributed by atoms with Gasteiger partial charge in [0.15, 0.2) is 0 Å². The monoisotopic (exact) mass is 224 g/mol. The summed E-state index contributed by atoms with van der Waals surface area (Å²) >= 11 is 0. The van der Waals surface area contributed by atoms with Gasteiger partial charge in [0.05, 0.1) is 11.9 Å². The number of aromatic nitrogens is 1. The molecule has 0 aliphatic carbocycles. The van der Waals surface area contributed by atoms with Gasteiger partial charge in [-0.2, -0.15) is 0 Å². The number of aliphatic carboxylic acids is 1. The van der Waals surface area contributed by atoms with Crippen LogP contribution in [0.25, 0.3) is 0 Å². The molecule has 0 fully saturated rings. The molecule has 5 heteroatoms. The molecule has 3 N–H and O–H groups in total. The van der Waals surface area contributed by atoms with E-state index in [0.29, 0.717) is 12.2 Å². The van der Waals surface area contributed by atoms with E-state index in [1.807, 2.05) is 13.8 Å². The molecule has 88 valence electrons. The van der Waals surface area contributed by atoms with E-state index in [-0.39, 0.29) is 11.7 Å². The van der Waals surface area contributed by atoms with Crippen molar-refractivity contribution in [2.75, 3.05) is 0 Å². The largest absolute Gasteiger partial charge is 0.506 e. The van der Waals surface area contributed by atoms with Gasteiger partial charge in [-0.3, -0.25) is 15.1 Å². The molecule has 1 heterocycles. The van der Waals surface area contributed by atoms with Crippen molar-refractivity contribution in [3.63, 3.8) is 0 Å². The lowest BCUT2D eigenvalue weighted by Crippen LogP contribution is -2.40. The molecule has 1 aromatic heterocycles. The number of nitrogens with one attached hydrogen (secondary N) is 1. The Morgan fingerprint density at radius 1 is 1.50 bits per heavy atom. The maximum atomic E-state index is 10.9. The summed E-state index contributed by atoms with van der Waals surface area (Å²) in [7, 11) is 0. The highest BCUT2D eigenvalue weighted by Crippen LogP contribution is 2.07.